The zero-order valence-corrected chi connectivity index (χ0v) is 10.5. The van der Waals surface area contributed by atoms with Crippen molar-refractivity contribution < 1.29 is 20.2 Å². The smallest absolute Gasteiger partial charge is 0.210 e. The molecular weight excluding hydrogens is 248 g/mol. The van der Waals surface area contributed by atoms with Gasteiger partial charge in [-0.05, 0) is 37.1 Å². The standard InChI is InChI=1S/C13H18N2O4/c14-12(15-18)9-3-5-11(6-4-9)19-13(17)7-1-2-10(16)8-13/h3-6,10,16-18H,1-2,7-8H2,(H2,14,15). The number of aliphatic hydroxyl groups is 2. The molecule has 1 aliphatic rings. The number of oxime groups is 1. The Bertz CT molecular complexity index is 460. The molecule has 0 heterocycles. The highest BCUT2D eigenvalue weighted by atomic mass is 16.6. The third-order valence-corrected chi connectivity index (χ3v) is 3.22. The van der Waals surface area contributed by atoms with E-state index >= 15 is 0 Å². The first kappa shape index (κ1) is 13.6. The van der Waals surface area contributed by atoms with E-state index in [4.69, 9.17) is 15.7 Å². The lowest BCUT2D eigenvalue weighted by atomic mass is 9.92. The highest BCUT2D eigenvalue weighted by Gasteiger charge is 2.35. The quantitative estimate of drug-likeness (QED) is 0.212. The van der Waals surface area contributed by atoms with Crippen molar-refractivity contribution in [1.29, 1.82) is 0 Å². The number of rotatable bonds is 3. The van der Waals surface area contributed by atoms with Crippen molar-refractivity contribution in [2.45, 2.75) is 37.6 Å². The summed E-state index contributed by atoms with van der Waals surface area (Å²) >= 11 is 0. The molecule has 1 fully saturated rings. The van der Waals surface area contributed by atoms with Crippen molar-refractivity contribution >= 4 is 5.84 Å². The molecule has 0 aromatic heterocycles. The maximum Gasteiger partial charge on any atom is 0.210 e. The summed E-state index contributed by atoms with van der Waals surface area (Å²) in [5, 5.41) is 31.3. The molecular formula is C13H18N2O4. The molecule has 1 aromatic carbocycles. The molecule has 1 aliphatic carbocycles. The molecule has 0 aliphatic heterocycles. The predicted octanol–water partition coefficient (Wildman–Crippen LogP) is 0.783. The zero-order valence-electron chi connectivity index (χ0n) is 10.5. The maximum absolute atomic E-state index is 10.2. The van der Waals surface area contributed by atoms with Crippen LogP contribution in [0.25, 0.3) is 0 Å². The first-order valence-corrected chi connectivity index (χ1v) is 6.20. The van der Waals surface area contributed by atoms with E-state index in [9.17, 15) is 10.2 Å². The Kier molecular flexibility index (Phi) is 3.92. The number of hydrogen-bond donors (Lipinski definition) is 4. The van der Waals surface area contributed by atoms with Gasteiger partial charge >= 0.3 is 0 Å². The Morgan fingerprint density at radius 3 is 2.63 bits per heavy atom. The molecule has 5 N–H and O–H groups in total. The number of nitrogens with zero attached hydrogens (tertiary/aromatic N) is 1. The lowest BCUT2D eigenvalue weighted by Crippen LogP contribution is -2.42. The van der Waals surface area contributed by atoms with Crippen molar-refractivity contribution in [1.82, 2.24) is 0 Å². The van der Waals surface area contributed by atoms with Crippen LogP contribution in [0.4, 0.5) is 0 Å². The molecule has 1 aromatic rings. The van der Waals surface area contributed by atoms with E-state index in [0.29, 0.717) is 24.2 Å². The monoisotopic (exact) mass is 266 g/mol. The summed E-state index contributed by atoms with van der Waals surface area (Å²) in [6, 6.07) is 6.53. The molecule has 1 saturated carbocycles. The second-order valence-corrected chi connectivity index (χ2v) is 4.81. The van der Waals surface area contributed by atoms with Gasteiger partial charge < -0.3 is 25.9 Å². The molecule has 0 radical (unpaired) electrons. The third kappa shape index (κ3) is 3.36. The Hall–Kier alpha value is -1.79. The van der Waals surface area contributed by atoms with Crippen LogP contribution in [0, 0.1) is 0 Å². The van der Waals surface area contributed by atoms with E-state index in [1.165, 1.54) is 0 Å². The number of aliphatic hydroxyl groups excluding tert-OH is 1. The molecule has 2 unspecified atom stereocenters. The highest BCUT2D eigenvalue weighted by Crippen LogP contribution is 2.31. The molecule has 2 atom stereocenters. The molecule has 0 bridgehead atoms. The topological polar surface area (TPSA) is 108 Å². The number of ether oxygens (including phenoxy) is 1. The SMILES string of the molecule is N/C(=N\O)c1ccc(OC2(O)CCCC(O)C2)cc1. The fraction of sp³-hybridized carbons (Fsp3) is 0.462. The van der Waals surface area contributed by atoms with Gasteiger partial charge in [0.2, 0.25) is 5.79 Å². The van der Waals surface area contributed by atoms with E-state index in [1.54, 1.807) is 24.3 Å². The van der Waals surface area contributed by atoms with Gasteiger partial charge in [-0.3, -0.25) is 0 Å². The minimum absolute atomic E-state index is 0.0124. The first-order valence-electron chi connectivity index (χ1n) is 6.20. The average molecular weight is 266 g/mol. The van der Waals surface area contributed by atoms with Gasteiger partial charge in [-0.15, -0.1) is 0 Å². The summed E-state index contributed by atoms with van der Waals surface area (Å²) < 4.78 is 5.53. The van der Waals surface area contributed by atoms with Crippen molar-refractivity contribution in [2.75, 3.05) is 0 Å². The van der Waals surface area contributed by atoms with Crippen molar-refractivity contribution in [2.24, 2.45) is 10.9 Å². The summed E-state index contributed by atoms with van der Waals surface area (Å²) in [4.78, 5) is 0. The van der Waals surface area contributed by atoms with Crippen LogP contribution in [-0.2, 0) is 0 Å². The summed E-state index contributed by atoms with van der Waals surface area (Å²) in [6.07, 6.45) is 1.57. The Morgan fingerprint density at radius 1 is 1.37 bits per heavy atom. The molecule has 0 saturated heterocycles. The Labute approximate surface area is 111 Å². The first-order chi connectivity index (χ1) is 9.02. The predicted molar refractivity (Wildman–Crippen MR) is 69.0 cm³/mol. The number of amidine groups is 1. The number of hydrogen-bond acceptors (Lipinski definition) is 5. The third-order valence-electron chi connectivity index (χ3n) is 3.22. The molecule has 6 heteroatoms. The van der Waals surface area contributed by atoms with Gasteiger partial charge in [-0.25, -0.2) is 0 Å². The van der Waals surface area contributed by atoms with Crippen LogP contribution < -0.4 is 10.5 Å². The van der Waals surface area contributed by atoms with E-state index in [2.05, 4.69) is 5.16 Å². The highest BCUT2D eigenvalue weighted by molar-refractivity contribution is 5.97. The molecule has 2 rings (SSSR count). The summed E-state index contributed by atoms with van der Waals surface area (Å²) in [7, 11) is 0. The molecule has 104 valence electrons. The minimum atomic E-state index is -1.32. The van der Waals surface area contributed by atoms with Crippen LogP contribution in [0.3, 0.4) is 0 Å². The van der Waals surface area contributed by atoms with E-state index in [1.807, 2.05) is 0 Å². The zero-order chi connectivity index (χ0) is 13.9. The van der Waals surface area contributed by atoms with Crippen LogP contribution in [-0.4, -0.2) is 33.1 Å². The van der Waals surface area contributed by atoms with Gasteiger partial charge in [0.15, 0.2) is 5.84 Å². The molecule has 0 spiro atoms. The molecule has 0 amide bonds. The Morgan fingerprint density at radius 2 is 2.05 bits per heavy atom. The van der Waals surface area contributed by atoms with Gasteiger partial charge in [-0.2, -0.15) is 0 Å². The number of benzene rings is 1. The van der Waals surface area contributed by atoms with Crippen molar-refractivity contribution in [3.05, 3.63) is 29.8 Å². The number of nitrogens with two attached hydrogens (primary N) is 1. The van der Waals surface area contributed by atoms with Crippen LogP contribution in [0.5, 0.6) is 5.75 Å². The van der Waals surface area contributed by atoms with Gasteiger partial charge in [0.05, 0.1) is 6.10 Å². The fourth-order valence-electron chi connectivity index (χ4n) is 2.25. The maximum atomic E-state index is 10.2. The summed E-state index contributed by atoms with van der Waals surface area (Å²) in [5.41, 5.74) is 6.01. The summed E-state index contributed by atoms with van der Waals surface area (Å²) in [5.74, 6) is -0.833. The minimum Gasteiger partial charge on any atom is -0.462 e. The molecule has 19 heavy (non-hydrogen) atoms. The van der Waals surface area contributed by atoms with E-state index < -0.39 is 11.9 Å². The summed E-state index contributed by atoms with van der Waals surface area (Å²) in [6.45, 7) is 0. The average Bonchev–Trinajstić information content (AvgIpc) is 2.38. The van der Waals surface area contributed by atoms with Crippen molar-refractivity contribution in [3.63, 3.8) is 0 Å². The lowest BCUT2D eigenvalue weighted by Gasteiger charge is -2.34. The fourth-order valence-corrected chi connectivity index (χ4v) is 2.25. The normalized spacial score (nSPS) is 28.1. The van der Waals surface area contributed by atoms with Crippen LogP contribution in [0.15, 0.2) is 29.4 Å². The van der Waals surface area contributed by atoms with Crippen molar-refractivity contribution in [3.8, 4) is 5.75 Å². The Balaban J connectivity index is 2.07. The van der Waals surface area contributed by atoms with Crippen LogP contribution >= 0.6 is 0 Å². The second kappa shape index (κ2) is 5.46. The van der Waals surface area contributed by atoms with Crippen LogP contribution in [0.1, 0.15) is 31.2 Å². The van der Waals surface area contributed by atoms with E-state index in [-0.39, 0.29) is 12.3 Å². The van der Waals surface area contributed by atoms with Crippen LogP contribution in [0.2, 0.25) is 0 Å². The van der Waals surface area contributed by atoms with Gasteiger partial charge in [0.25, 0.3) is 0 Å². The van der Waals surface area contributed by atoms with Gasteiger partial charge in [-0.1, -0.05) is 5.16 Å². The second-order valence-electron chi connectivity index (χ2n) is 4.81. The van der Waals surface area contributed by atoms with Gasteiger partial charge in [0.1, 0.15) is 5.75 Å². The molecule has 6 nitrogen and oxygen atoms in total. The van der Waals surface area contributed by atoms with Gasteiger partial charge in [0, 0.05) is 18.4 Å². The van der Waals surface area contributed by atoms with E-state index in [0.717, 1.165) is 6.42 Å². The largest absolute Gasteiger partial charge is 0.462 e. The lowest BCUT2D eigenvalue weighted by molar-refractivity contribution is -0.179.